The van der Waals surface area contributed by atoms with Gasteiger partial charge in [-0.15, -0.1) is 6.42 Å². The molecule has 1 aromatic carbocycles. The topological polar surface area (TPSA) is 75.6 Å². The average Bonchev–Trinajstić information content (AvgIpc) is 3.13. The number of allylic oxidation sites excluding steroid dienone is 1. The predicted octanol–water partition coefficient (Wildman–Crippen LogP) is 5.30. The van der Waals surface area contributed by atoms with Gasteiger partial charge in [0.2, 0.25) is 5.95 Å². The molecule has 1 aliphatic rings. The summed E-state index contributed by atoms with van der Waals surface area (Å²) in [5.74, 6) is 0.145. The average molecular weight is 492 g/mol. The van der Waals surface area contributed by atoms with Gasteiger partial charge < -0.3 is 19.1 Å². The Bertz CT molecular complexity index is 889. The third-order valence-electron chi connectivity index (χ3n) is 4.41. The molecule has 0 spiro atoms. The van der Waals surface area contributed by atoms with Gasteiger partial charge in [-0.05, 0) is 29.2 Å². The van der Waals surface area contributed by atoms with Gasteiger partial charge >= 0.3 is 22.4 Å². The smallest absolute Gasteiger partial charge is 0.368 e. The second-order valence-corrected chi connectivity index (χ2v) is 6.71. The van der Waals surface area contributed by atoms with Gasteiger partial charge in [-0.25, -0.2) is 9.97 Å². The Kier molecular flexibility index (Phi) is 11.2. The molecule has 0 bridgehead atoms. The van der Waals surface area contributed by atoms with Crippen LogP contribution in [0.3, 0.4) is 0 Å². The van der Waals surface area contributed by atoms with Crippen LogP contribution in [0.25, 0.3) is 5.57 Å². The molecule has 3 rings (SSSR count). The monoisotopic (exact) mass is 491 g/mol. The van der Waals surface area contributed by atoms with E-state index >= 15 is 0 Å². The summed E-state index contributed by atoms with van der Waals surface area (Å²) in [6.45, 7) is 5.29. The number of benzene rings is 1. The maximum atomic E-state index is 12.7. The van der Waals surface area contributed by atoms with Crippen LogP contribution < -0.4 is 5.73 Å². The van der Waals surface area contributed by atoms with Crippen molar-refractivity contribution in [1.29, 1.82) is 5.26 Å². The number of halogens is 2. The van der Waals surface area contributed by atoms with E-state index in [4.69, 9.17) is 22.6 Å². The summed E-state index contributed by atoms with van der Waals surface area (Å²) in [6.07, 6.45) is 10.1. The number of nitrogens with two attached hydrogens (primary N) is 1. The SMILES string of the molecule is N#Cc1ccc2c(c1Cl)CC=C2c1nc(N)ncc1CCF.[CH2-]CCC[CH-]C.[Nb+2]. The molecule has 29 heavy (non-hydrogen) atoms. The number of aromatic nitrogens is 2. The zero-order valence-corrected chi connectivity index (χ0v) is 19.4. The van der Waals surface area contributed by atoms with Crippen LogP contribution in [0, 0.1) is 24.7 Å². The normalized spacial score (nSPS) is 11.5. The number of hydrogen-bond acceptors (Lipinski definition) is 4. The molecule has 0 saturated heterocycles. The van der Waals surface area contributed by atoms with Gasteiger partial charge in [0.25, 0.3) is 0 Å². The first-order chi connectivity index (χ1) is 13.6. The Hall–Kier alpha value is -1.71. The largest absolute Gasteiger partial charge is 2.00 e. The van der Waals surface area contributed by atoms with E-state index in [-0.39, 0.29) is 34.7 Å². The van der Waals surface area contributed by atoms with Crippen molar-refractivity contribution in [1.82, 2.24) is 9.97 Å². The minimum absolute atomic E-state index is 0. The predicted molar refractivity (Wildman–Crippen MR) is 112 cm³/mol. The zero-order valence-electron chi connectivity index (χ0n) is 16.5. The molecule has 1 heterocycles. The number of unbranched alkanes of at least 4 members (excludes halogenated alkanes) is 3. The number of rotatable bonds is 6. The van der Waals surface area contributed by atoms with Gasteiger partial charge in [-0.2, -0.15) is 25.0 Å². The Balaban J connectivity index is 0.000000529. The van der Waals surface area contributed by atoms with Crippen LogP contribution in [0.1, 0.15) is 54.1 Å². The summed E-state index contributed by atoms with van der Waals surface area (Å²) in [6, 6.07) is 5.59. The number of anilines is 1. The molecular weight excluding hydrogens is 468 g/mol. The molecular formula is C22H24ClFN4Nb. The Morgan fingerprint density at radius 2 is 2.17 bits per heavy atom. The van der Waals surface area contributed by atoms with Gasteiger partial charge in [-0.1, -0.05) is 23.7 Å². The van der Waals surface area contributed by atoms with Gasteiger partial charge in [0.05, 0.1) is 23.0 Å². The van der Waals surface area contributed by atoms with Crippen molar-refractivity contribution in [2.75, 3.05) is 12.4 Å². The number of hydrogen-bond donors (Lipinski definition) is 1. The maximum Gasteiger partial charge on any atom is 2.00 e. The van der Waals surface area contributed by atoms with Crippen LogP contribution in [0.5, 0.6) is 0 Å². The van der Waals surface area contributed by atoms with Crippen LogP contribution in [0.15, 0.2) is 24.4 Å². The molecule has 0 fully saturated rings. The van der Waals surface area contributed by atoms with Crippen LogP contribution in [-0.4, -0.2) is 16.6 Å². The fourth-order valence-electron chi connectivity index (χ4n) is 2.98. The molecule has 7 heteroatoms. The van der Waals surface area contributed by atoms with Gasteiger partial charge in [0.15, 0.2) is 0 Å². The van der Waals surface area contributed by atoms with E-state index in [1.165, 1.54) is 12.8 Å². The van der Waals surface area contributed by atoms with Crippen LogP contribution >= 0.6 is 11.6 Å². The van der Waals surface area contributed by atoms with E-state index < -0.39 is 6.67 Å². The quantitative estimate of drug-likeness (QED) is 0.338. The summed E-state index contributed by atoms with van der Waals surface area (Å²) in [7, 11) is 0. The third kappa shape index (κ3) is 6.38. The van der Waals surface area contributed by atoms with Crippen molar-refractivity contribution in [2.24, 2.45) is 0 Å². The summed E-state index contributed by atoms with van der Waals surface area (Å²) in [4.78, 5) is 8.20. The molecule has 151 valence electrons. The van der Waals surface area contributed by atoms with Crippen molar-refractivity contribution in [3.8, 4) is 6.07 Å². The summed E-state index contributed by atoms with van der Waals surface area (Å²) >= 11 is 6.27. The molecule has 0 unspecified atom stereocenters. The van der Waals surface area contributed by atoms with Crippen molar-refractivity contribution < 1.29 is 26.8 Å². The van der Waals surface area contributed by atoms with Crippen LogP contribution in [-0.2, 0) is 35.2 Å². The first kappa shape index (κ1) is 25.3. The number of nitrogens with zero attached hydrogens (tertiary/aromatic N) is 3. The van der Waals surface area contributed by atoms with Crippen molar-refractivity contribution in [2.45, 2.75) is 39.0 Å². The van der Waals surface area contributed by atoms with Crippen molar-refractivity contribution in [3.63, 3.8) is 0 Å². The number of nitriles is 1. The summed E-state index contributed by atoms with van der Waals surface area (Å²) in [5.41, 5.74) is 10.1. The first-order valence-corrected chi connectivity index (χ1v) is 9.61. The molecule has 1 aromatic heterocycles. The molecule has 0 saturated carbocycles. The number of aryl methyl sites for hydroxylation is 1. The molecule has 4 nitrogen and oxygen atoms in total. The zero-order chi connectivity index (χ0) is 20.5. The standard InChI is InChI=1S/C16H12ClFN4.C6H12.Nb/c17-14-9(7-19)1-2-11-12(14)3-4-13(11)15-10(5-6-18)8-21-16(20)22-15;1-3-5-6-4-2;/h1-2,4,8H,3,5-6H2,(H2,20,21,22);4H,1,3,5-6H2,2H3;/q;-2;+2. The van der Waals surface area contributed by atoms with Crippen LogP contribution in [0.4, 0.5) is 10.3 Å². The second kappa shape index (κ2) is 12.8. The van der Waals surface area contributed by atoms with Crippen molar-refractivity contribution >= 4 is 23.1 Å². The van der Waals surface area contributed by atoms with E-state index in [0.717, 1.165) is 23.1 Å². The molecule has 0 aliphatic heterocycles. The molecule has 1 radical (unpaired) electrons. The van der Waals surface area contributed by atoms with Gasteiger partial charge in [0, 0.05) is 18.2 Å². The number of fused-ring (bicyclic) bond motifs is 1. The fourth-order valence-corrected chi connectivity index (χ4v) is 3.27. The van der Waals surface area contributed by atoms with Gasteiger partial charge in [-0.3, -0.25) is 4.39 Å². The Morgan fingerprint density at radius 3 is 2.76 bits per heavy atom. The van der Waals surface area contributed by atoms with E-state index in [9.17, 15) is 4.39 Å². The minimum Gasteiger partial charge on any atom is -0.368 e. The third-order valence-corrected chi connectivity index (χ3v) is 4.84. The van der Waals surface area contributed by atoms with Crippen molar-refractivity contribution in [3.05, 3.63) is 70.7 Å². The Labute approximate surface area is 192 Å². The van der Waals surface area contributed by atoms with E-state index in [2.05, 4.69) is 36.3 Å². The number of alkyl halides is 1. The number of nitrogen functional groups attached to an aromatic ring is 1. The van der Waals surface area contributed by atoms with E-state index in [1.807, 2.05) is 12.1 Å². The fraction of sp³-hybridized carbons (Fsp3) is 0.318. The summed E-state index contributed by atoms with van der Waals surface area (Å²) < 4.78 is 12.7. The molecule has 2 N–H and O–H groups in total. The molecule has 2 aromatic rings. The van der Waals surface area contributed by atoms with E-state index in [0.29, 0.717) is 28.3 Å². The molecule has 0 amide bonds. The van der Waals surface area contributed by atoms with Crippen LogP contribution in [0.2, 0.25) is 5.02 Å². The second-order valence-electron chi connectivity index (χ2n) is 6.33. The van der Waals surface area contributed by atoms with Gasteiger partial charge in [0.1, 0.15) is 6.07 Å². The first-order valence-electron chi connectivity index (χ1n) is 9.24. The maximum absolute atomic E-state index is 12.7. The minimum atomic E-state index is -0.492. The summed E-state index contributed by atoms with van der Waals surface area (Å²) in [5, 5.41) is 9.51. The molecule has 1 aliphatic carbocycles. The molecule has 0 atom stereocenters. The van der Waals surface area contributed by atoms with E-state index in [1.54, 1.807) is 12.3 Å². The Morgan fingerprint density at radius 1 is 1.41 bits per heavy atom.